The van der Waals surface area contributed by atoms with Crippen molar-refractivity contribution in [1.82, 2.24) is 9.62 Å². The van der Waals surface area contributed by atoms with Crippen molar-refractivity contribution < 1.29 is 18.0 Å². The van der Waals surface area contributed by atoms with Gasteiger partial charge in [-0.25, -0.2) is 8.42 Å². The highest BCUT2D eigenvalue weighted by atomic mass is 32.2. The summed E-state index contributed by atoms with van der Waals surface area (Å²) in [6, 6.07) is 13.0. The van der Waals surface area contributed by atoms with Crippen LogP contribution in [0.3, 0.4) is 0 Å². The number of rotatable bonds is 6. The fraction of sp³-hybridized carbons (Fsp3) is 0.391. The first kappa shape index (κ1) is 21.5. The molecule has 2 amide bonds. The lowest BCUT2D eigenvalue weighted by Crippen LogP contribution is -2.37. The smallest absolute Gasteiger partial charge is 0.255 e. The average Bonchev–Trinajstić information content (AvgIpc) is 3.58. The van der Waals surface area contributed by atoms with Crippen LogP contribution >= 0.6 is 0 Å². The van der Waals surface area contributed by atoms with Crippen LogP contribution in [-0.4, -0.2) is 43.7 Å². The minimum absolute atomic E-state index is 0.153. The van der Waals surface area contributed by atoms with Gasteiger partial charge in [-0.05, 0) is 74.1 Å². The fourth-order valence-corrected chi connectivity index (χ4v) is 5.06. The van der Waals surface area contributed by atoms with Gasteiger partial charge in [0.25, 0.3) is 11.8 Å². The molecule has 2 N–H and O–H groups in total. The van der Waals surface area contributed by atoms with Crippen molar-refractivity contribution in [2.75, 3.05) is 18.4 Å². The molecule has 0 unspecified atom stereocenters. The van der Waals surface area contributed by atoms with E-state index < -0.39 is 10.0 Å². The zero-order chi connectivity index (χ0) is 22.0. The standard InChI is InChI=1S/C23H27N3O4S/c1-16-11-13-26(14-12-16)31(29,30)21-9-5-17(6-10-21)22(27)25-20-4-2-3-18(15-20)23(28)24-19-7-8-19/h2-6,9-10,15-16,19H,7-8,11-14H2,1H3,(H,24,28)(H,25,27). The molecule has 31 heavy (non-hydrogen) atoms. The maximum atomic E-state index is 12.8. The van der Waals surface area contributed by atoms with Gasteiger partial charge >= 0.3 is 0 Å². The van der Waals surface area contributed by atoms with Gasteiger partial charge in [0, 0.05) is 35.9 Å². The van der Waals surface area contributed by atoms with Crippen LogP contribution in [0.5, 0.6) is 0 Å². The second-order valence-electron chi connectivity index (χ2n) is 8.39. The molecule has 0 spiro atoms. The molecule has 1 saturated heterocycles. The Morgan fingerprint density at radius 1 is 0.903 bits per heavy atom. The Kier molecular flexibility index (Phi) is 6.11. The molecule has 1 aliphatic carbocycles. The topological polar surface area (TPSA) is 95.6 Å². The Hall–Kier alpha value is -2.71. The number of hydrogen-bond acceptors (Lipinski definition) is 4. The molecule has 0 aromatic heterocycles. The largest absolute Gasteiger partial charge is 0.349 e. The molecule has 2 aliphatic rings. The molecule has 2 fully saturated rings. The zero-order valence-electron chi connectivity index (χ0n) is 17.5. The maximum absolute atomic E-state index is 12.8. The van der Waals surface area contributed by atoms with Crippen LogP contribution in [0.1, 0.15) is 53.3 Å². The average molecular weight is 442 g/mol. The van der Waals surface area contributed by atoms with Gasteiger partial charge in [-0.1, -0.05) is 13.0 Å². The number of amides is 2. The molecule has 4 rings (SSSR count). The molecule has 0 atom stereocenters. The summed E-state index contributed by atoms with van der Waals surface area (Å²) in [5.41, 5.74) is 1.34. The SMILES string of the molecule is CC1CCN(S(=O)(=O)c2ccc(C(=O)Nc3cccc(C(=O)NC4CC4)c3)cc2)CC1. The Labute approximate surface area is 182 Å². The second-order valence-corrected chi connectivity index (χ2v) is 10.3. The predicted octanol–water partition coefficient (Wildman–Crippen LogP) is 3.25. The number of nitrogens with one attached hydrogen (secondary N) is 2. The van der Waals surface area contributed by atoms with Gasteiger partial charge in [0.15, 0.2) is 0 Å². The molecular formula is C23H27N3O4S. The van der Waals surface area contributed by atoms with Crippen LogP contribution in [0.4, 0.5) is 5.69 Å². The molecule has 0 bridgehead atoms. The van der Waals surface area contributed by atoms with E-state index in [1.165, 1.54) is 28.6 Å². The van der Waals surface area contributed by atoms with Crippen LogP contribution in [0.2, 0.25) is 0 Å². The lowest BCUT2D eigenvalue weighted by Gasteiger charge is -2.29. The van der Waals surface area contributed by atoms with Gasteiger partial charge < -0.3 is 10.6 Å². The predicted molar refractivity (Wildman–Crippen MR) is 118 cm³/mol. The molecule has 1 saturated carbocycles. The number of hydrogen-bond donors (Lipinski definition) is 2. The van der Waals surface area contributed by atoms with E-state index in [2.05, 4.69) is 17.6 Å². The summed E-state index contributed by atoms with van der Waals surface area (Å²) < 4.78 is 27.2. The third kappa shape index (κ3) is 5.14. The van der Waals surface area contributed by atoms with E-state index >= 15 is 0 Å². The van der Waals surface area contributed by atoms with Crippen molar-refractivity contribution in [3.05, 3.63) is 59.7 Å². The van der Waals surface area contributed by atoms with Crippen LogP contribution in [0, 0.1) is 5.92 Å². The van der Waals surface area contributed by atoms with Crippen LogP contribution < -0.4 is 10.6 Å². The highest BCUT2D eigenvalue weighted by molar-refractivity contribution is 7.89. The number of carbonyl (C=O) groups is 2. The maximum Gasteiger partial charge on any atom is 0.255 e. The van der Waals surface area contributed by atoms with Crippen LogP contribution in [0.25, 0.3) is 0 Å². The van der Waals surface area contributed by atoms with E-state index in [1.54, 1.807) is 24.3 Å². The van der Waals surface area contributed by atoms with E-state index in [9.17, 15) is 18.0 Å². The van der Waals surface area contributed by atoms with Crippen molar-refractivity contribution in [3.63, 3.8) is 0 Å². The summed E-state index contributed by atoms with van der Waals surface area (Å²) >= 11 is 0. The molecule has 8 heteroatoms. The quantitative estimate of drug-likeness (QED) is 0.719. The highest BCUT2D eigenvalue weighted by Gasteiger charge is 2.28. The molecule has 2 aromatic rings. The van der Waals surface area contributed by atoms with Crippen molar-refractivity contribution >= 4 is 27.5 Å². The Morgan fingerprint density at radius 2 is 1.58 bits per heavy atom. The summed E-state index contributed by atoms with van der Waals surface area (Å²) in [5.74, 6) is 0.0200. The minimum Gasteiger partial charge on any atom is -0.349 e. The molecule has 7 nitrogen and oxygen atoms in total. The lowest BCUT2D eigenvalue weighted by atomic mass is 10.0. The Morgan fingerprint density at radius 3 is 2.23 bits per heavy atom. The first-order valence-electron chi connectivity index (χ1n) is 10.7. The summed E-state index contributed by atoms with van der Waals surface area (Å²) in [6.45, 7) is 3.18. The molecule has 1 heterocycles. The molecular weight excluding hydrogens is 414 g/mol. The highest BCUT2D eigenvalue weighted by Crippen LogP contribution is 2.24. The van der Waals surface area contributed by atoms with Crippen LogP contribution in [-0.2, 0) is 10.0 Å². The van der Waals surface area contributed by atoms with Gasteiger partial charge in [0.2, 0.25) is 10.0 Å². The van der Waals surface area contributed by atoms with Crippen LogP contribution in [0.15, 0.2) is 53.4 Å². The monoisotopic (exact) mass is 441 g/mol. The number of sulfonamides is 1. The van der Waals surface area contributed by atoms with Gasteiger partial charge in [-0.2, -0.15) is 4.31 Å². The Balaban J connectivity index is 1.42. The second kappa shape index (κ2) is 8.80. The van der Waals surface area contributed by atoms with Gasteiger partial charge in [-0.3, -0.25) is 9.59 Å². The van der Waals surface area contributed by atoms with Crippen molar-refractivity contribution in [1.29, 1.82) is 0 Å². The third-order valence-corrected chi connectivity index (χ3v) is 7.70. The number of nitrogens with zero attached hydrogens (tertiary/aromatic N) is 1. The van der Waals surface area contributed by atoms with Crippen molar-refractivity contribution in [2.24, 2.45) is 5.92 Å². The number of piperidine rings is 1. The van der Waals surface area contributed by atoms with Crippen molar-refractivity contribution in [3.8, 4) is 0 Å². The van der Waals surface area contributed by atoms with E-state index in [0.717, 1.165) is 25.7 Å². The third-order valence-electron chi connectivity index (χ3n) is 5.79. The van der Waals surface area contributed by atoms with E-state index in [4.69, 9.17) is 0 Å². The van der Waals surface area contributed by atoms with Crippen molar-refractivity contribution in [2.45, 2.75) is 43.5 Å². The minimum atomic E-state index is -3.55. The van der Waals surface area contributed by atoms with E-state index in [0.29, 0.717) is 35.8 Å². The summed E-state index contributed by atoms with van der Waals surface area (Å²) in [6.07, 6.45) is 3.73. The zero-order valence-corrected chi connectivity index (χ0v) is 18.3. The molecule has 164 valence electrons. The first-order chi connectivity index (χ1) is 14.8. The molecule has 1 aliphatic heterocycles. The van der Waals surface area contributed by atoms with E-state index in [1.807, 2.05) is 0 Å². The summed E-state index contributed by atoms with van der Waals surface area (Å²) in [5, 5.41) is 5.69. The first-order valence-corrected chi connectivity index (χ1v) is 12.1. The van der Waals surface area contributed by atoms with E-state index in [-0.39, 0.29) is 22.8 Å². The normalized spacial score (nSPS) is 17.8. The van der Waals surface area contributed by atoms with Gasteiger partial charge in [-0.15, -0.1) is 0 Å². The van der Waals surface area contributed by atoms with Gasteiger partial charge in [0.1, 0.15) is 0 Å². The Bertz CT molecular complexity index is 1070. The number of anilines is 1. The lowest BCUT2D eigenvalue weighted by molar-refractivity contribution is 0.0949. The van der Waals surface area contributed by atoms with Gasteiger partial charge in [0.05, 0.1) is 4.90 Å². The fourth-order valence-electron chi connectivity index (χ4n) is 3.59. The molecule has 0 radical (unpaired) electrons. The summed E-state index contributed by atoms with van der Waals surface area (Å²) in [7, 11) is -3.55. The number of benzene rings is 2. The molecule has 2 aromatic carbocycles. The summed E-state index contributed by atoms with van der Waals surface area (Å²) in [4.78, 5) is 25.0. The number of carbonyl (C=O) groups excluding carboxylic acids is 2.